The molecule has 1 spiro atoms. The number of ether oxygens (including phenoxy) is 1. The summed E-state index contributed by atoms with van der Waals surface area (Å²) in [6, 6.07) is 0.675. The van der Waals surface area contributed by atoms with Gasteiger partial charge >= 0.3 is 0 Å². The molecule has 1 aliphatic carbocycles. The highest BCUT2D eigenvalue weighted by Gasteiger charge is 2.48. The van der Waals surface area contributed by atoms with E-state index in [2.05, 4.69) is 24.1 Å². The van der Waals surface area contributed by atoms with Crippen LogP contribution in [0.25, 0.3) is 0 Å². The molecule has 1 unspecified atom stereocenters. The maximum absolute atomic E-state index is 5.62. The van der Waals surface area contributed by atoms with Crippen LogP contribution in [0.1, 0.15) is 46.0 Å². The normalized spacial score (nSPS) is 36.7. The fraction of sp³-hybridized carbons (Fsp3) is 1.00. The number of nitrogens with one attached hydrogen (secondary N) is 1. The molecular formula is C14H26N2O. The molecule has 0 aromatic rings. The number of nitrogens with zero attached hydrogens (tertiary/aromatic N) is 1. The largest absolute Gasteiger partial charge is 0.380 e. The van der Waals surface area contributed by atoms with Gasteiger partial charge in [0.05, 0.1) is 6.61 Å². The van der Waals surface area contributed by atoms with E-state index in [0.29, 0.717) is 11.6 Å². The second kappa shape index (κ2) is 4.22. The topological polar surface area (TPSA) is 24.5 Å². The van der Waals surface area contributed by atoms with Gasteiger partial charge in [-0.2, -0.15) is 0 Å². The highest BCUT2D eigenvalue weighted by molar-refractivity contribution is 5.06. The summed E-state index contributed by atoms with van der Waals surface area (Å²) in [5.74, 6) is 0. The van der Waals surface area contributed by atoms with Crippen LogP contribution < -0.4 is 5.32 Å². The van der Waals surface area contributed by atoms with Gasteiger partial charge in [-0.05, 0) is 33.1 Å². The van der Waals surface area contributed by atoms with E-state index in [1.54, 1.807) is 0 Å². The Kier molecular flexibility index (Phi) is 2.96. The quantitative estimate of drug-likeness (QED) is 0.753. The molecule has 2 saturated heterocycles. The monoisotopic (exact) mass is 238 g/mol. The Bertz CT molecular complexity index is 278. The van der Waals surface area contributed by atoms with Gasteiger partial charge in [0.15, 0.2) is 0 Å². The van der Waals surface area contributed by atoms with E-state index in [0.717, 1.165) is 13.2 Å². The molecule has 0 amide bonds. The molecule has 1 N–H and O–H groups in total. The maximum atomic E-state index is 5.62. The van der Waals surface area contributed by atoms with Crippen molar-refractivity contribution in [1.82, 2.24) is 10.2 Å². The molecule has 1 atom stereocenters. The van der Waals surface area contributed by atoms with Gasteiger partial charge in [-0.15, -0.1) is 0 Å². The molecule has 0 bridgehead atoms. The lowest BCUT2D eigenvalue weighted by atomic mass is 9.85. The first-order valence-corrected chi connectivity index (χ1v) is 7.21. The molecular weight excluding hydrogens is 212 g/mol. The summed E-state index contributed by atoms with van der Waals surface area (Å²) in [7, 11) is 0. The molecule has 0 aromatic carbocycles. The number of hydrogen-bond donors (Lipinski definition) is 1. The highest BCUT2D eigenvalue weighted by atomic mass is 16.5. The van der Waals surface area contributed by atoms with Crippen molar-refractivity contribution in [3.05, 3.63) is 0 Å². The molecule has 3 fully saturated rings. The van der Waals surface area contributed by atoms with Crippen molar-refractivity contribution >= 4 is 0 Å². The Morgan fingerprint density at radius 1 is 1.24 bits per heavy atom. The van der Waals surface area contributed by atoms with Crippen molar-refractivity contribution in [2.75, 3.05) is 26.3 Å². The molecule has 0 radical (unpaired) electrons. The van der Waals surface area contributed by atoms with Gasteiger partial charge in [-0.1, -0.05) is 12.8 Å². The van der Waals surface area contributed by atoms with E-state index in [-0.39, 0.29) is 5.54 Å². The molecule has 17 heavy (non-hydrogen) atoms. The average Bonchev–Trinajstić information content (AvgIpc) is 2.95. The summed E-state index contributed by atoms with van der Waals surface area (Å²) in [6.07, 6.45) is 6.81. The van der Waals surface area contributed by atoms with E-state index >= 15 is 0 Å². The molecule has 1 saturated carbocycles. The summed E-state index contributed by atoms with van der Waals surface area (Å²) in [5, 5.41) is 3.76. The first-order chi connectivity index (χ1) is 8.11. The molecule has 2 heterocycles. The highest BCUT2D eigenvalue weighted by Crippen LogP contribution is 2.40. The third kappa shape index (κ3) is 2.13. The van der Waals surface area contributed by atoms with Crippen LogP contribution in [-0.2, 0) is 4.74 Å². The molecule has 98 valence electrons. The van der Waals surface area contributed by atoms with Gasteiger partial charge in [0.25, 0.3) is 0 Å². The molecule has 3 heteroatoms. The third-order valence-corrected chi connectivity index (χ3v) is 4.95. The van der Waals surface area contributed by atoms with Gasteiger partial charge in [-0.25, -0.2) is 0 Å². The molecule has 2 aliphatic heterocycles. The predicted octanol–water partition coefficient (Wildman–Crippen LogP) is 1.77. The minimum atomic E-state index is 0.260. The molecule has 3 nitrogen and oxygen atoms in total. The lowest BCUT2D eigenvalue weighted by Crippen LogP contribution is -2.69. The summed E-state index contributed by atoms with van der Waals surface area (Å²) in [5.41, 5.74) is 0.713. The zero-order valence-electron chi connectivity index (χ0n) is 11.3. The minimum Gasteiger partial charge on any atom is -0.380 e. The van der Waals surface area contributed by atoms with Crippen LogP contribution in [0.2, 0.25) is 0 Å². The van der Waals surface area contributed by atoms with Crippen molar-refractivity contribution < 1.29 is 4.74 Å². The van der Waals surface area contributed by atoms with Crippen LogP contribution in [0.5, 0.6) is 0 Å². The van der Waals surface area contributed by atoms with Crippen LogP contribution in [-0.4, -0.2) is 48.3 Å². The van der Waals surface area contributed by atoms with Crippen LogP contribution in [0.4, 0.5) is 0 Å². The van der Waals surface area contributed by atoms with Crippen molar-refractivity contribution in [3.63, 3.8) is 0 Å². The average molecular weight is 238 g/mol. The predicted molar refractivity (Wildman–Crippen MR) is 69.2 cm³/mol. The zero-order chi connectivity index (χ0) is 11.9. The molecule has 3 aliphatic rings. The summed E-state index contributed by atoms with van der Waals surface area (Å²) >= 11 is 0. The van der Waals surface area contributed by atoms with Gasteiger partial charge in [0, 0.05) is 36.8 Å². The van der Waals surface area contributed by atoms with Crippen molar-refractivity contribution in [3.8, 4) is 0 Å². The van der Waals surface area contributed by atoms with E-state index < -0.39 is 0 Å². The van der Waals surface area contributed by atoms with E-state index in [4.69, 9.17) is 4.74 Å². The number of piperazine rings is 1. The zero-order valence-corrected chi connectivity index (χ0v) is 11.3. The Morgan fingerprint density at radius 3 is 2.65 bits per heavy atom. The Labute approximate surface area is 105 Å². The van der Waals surface area contributed by atoms with Crippen molar-refractivity contribution in [2.24, 2.45) is 0 Å². The van der Waals surface area contributed by atoms with Crippen molar-refractivity contribution in [1.29, 1.82) is 0 Å². The van der Waals surface area contributed by atoms with Gasteiger partial charge < -0.3 is 10.1 Å². The first kappa shape index (κ1) is 11.9. The van der Waals surface area contributed by atoms with E-state index in [1.807, 2.05) is 0 Å². The standard InChI is InChI=1S/C14H26N2O/c1-13(2)11-16(12-5-8-17-9-12)14(10-15-13)6-3-4-7-14/h12,15H,3-11H2,1-2H3. The second-order valence-electron chi connectivity index (χ2n) is 6.81. The molecule has 0 aromatic heterocycles. The fourth-order valence-electron chi connectivity index (χ4n) is 3.94. The summed E-state index contributed by atoms with van der Waals surface area (Å²) in [4.78, 5) is 2.81. The van der Waals surface area contributed by atoms with Crippen LogP contribution in [0, 0.1) is 0 Å². The summed E-state index contributed by atoms with van der Waals surface area (Å²) in [6.45, 7) is 8.94. The first-order valence-electron chi connectivity index (χ1n) is 7.21. The maximum Gasteiger partial charge on any atom is 0.0622 e. The Hall–Kier alpha value is -0.120. The van der Waals surface area contributed by atoms with Gasteiger partial charge in [0.2, 0.25) is 0 Å². The van der Waals surface area contributed by atoms with E-state index in [9.17, 15) is 0 Å². The van der Waals surface area contributed by atoms with E-state index in [1.165, 1.54) is 45.2 Å². The SMILES string of the molecule is CC1(C)CN(C2CCOC2)C2(CCCC2)CN1. The van der Waals surface area contributed by atoms with Crippen LogP contribution in [0.3, 0.4) is 0 Å². The lowest BCUT2D eigenvalue weighted by molar-refractivity contribution is -0.0178. The van der Waals surface area contributed by atoms with Crippen LogP contribution in [0.15, 0.2) is 0 Å². The molecule has 3 rings (SSSR count). The van der Waals surface area contributed by atoms with Gasteiger partial charge in [0.1, 0.15) is 0 Å². The lowest BCUT2D eigenvalue weighted by Gasteiger charge is -2.53. The number of rotatable bonds is 1. The smallest absolute Gasteiger partial charge is 0.0622 e. The third-order valence-electron chi connectivity index (χ3n) is 4.95. The van der Waals surface area contributed by atoms with Gasteiger partial charge in [-0.3, -0.25) is 4.90 Å². The second-order valence-corrected chi connectivity index (χ2v) is 6.81. The Balaban J connectivity index is 1.82. The Morgan fingerprint density at radius 2 is 2.00 bits per heavy atom. The minimum absolute atomic E-state index is 0.260. The summed E-state index contributed by atoms with van der Waals surface area (Å²) < 4.78 is 5.62. The number of hydrogen-bond acceptors (Lipinski definition) is 3. The fourth-order valence-corrected chi connectivity index (χ4v) is 3.94. The van der Waals surface area contributed by atoms with Crippen LogP contribution >= 0.6 is 0 Å². The van der Waals surface area contributed by atoms with Crippen molar-refractivity contribution in [2.45, 2.75) is 63.1 Å².